The Morgan fingerprint density at radius 2 is 1.13 bits per heavy atom. The lowest BCUT2D eigenvalue weighted by molar-refractivity contribution is -0.150. The van der Waals surface area contributed by atoms with E-state index in [1.54, 1.807) is 0 Å². The number of amides is 1. The fourth-order valence-electron chi connectivity index (χ4n) is 5.64. The molecule has 0 saturated heterocycles. The van der Waals surface area contributed by atoms with Gasteiger partial charge in [-0.05, 0) is 51.4 Å². The highest BCUT2D eigenvalue weighted by atomic mass is 16.5. The fraction of sp³-hybridized carbons (Fsp3) is 0.617. The van der Waals surface area contributed by atoms with Gasteiger partial charge in [0.2, 0.25) is 5.91 Å². The molecule has 0 aliphatic carbocycles. The van der Waals surface area contributed by atoms with Crippen molar-refractivity contribution in [3.05, 3.63) is 97.2 Å². The number of aliphatic hydroxyl groups is 2. The fourth-order valence-corrected chi connectivity index (χ4v) is 5.64. The van der Waals surface area contributed by atoms with E-state index >= 15 is 0 Å². The van der Waals surface area contributed by atoms with Crippen molar-refractivity contribution in [2.45, 2.75) is 180 Å². The topological polar surface area (TPSA) is 95.9 Å². The Kier molecular flexibility index (Phi) is 37.5. The van der Waals surface area contributed by atoms with Crippen LogP contribution in [-0.2, 0) is 14.3 Å². The number of aliphatic hydroxyl groups excluding tert-OH is 2. The molecule has 0 saturated carbocycles. The first kappa shape index (κ1) is 49.8. The molecule has 0 rings (SSSR count). The van der Waals surface area contributed by atoms with Gasteiger partial charge in [-0.2, -0.15) is 0 Å². The highest BCUT2D eigenvalue weighted by molar-refractivity contribution is 5.77. The van der Waals surface area contributed by atoms with Crippen molar-refractivity contribution in [1.82, 2.24) is 5.32 Å². The molecule has 0 aromatic heterocycles. The zero-order chi connectivity index (χ0) is 38.9. The summed E-state index contributed by atoms with van der Waals surface area (Å²) >= 11 is 0. The maximum absolute atomic E-state index is 13.0. The van der Waals surface area contributed by atoms with Crippen molar-refractivity contribution >= 4 is 11.9 Å². The van der Waals surface area contributed by atoms with E-state index in [9.17, 15) is 19.8 Å². The van der Waals surface area contributed by atoms with Gasteiger partial charge >= 0.3 is 5.97 Å². The van der Waals surface area contributed by atoms with Crippen LogP contribution in [0.1, 0.15) is 162 Å². The number of esters is 1. The first-order chi connectivity index (χ1) is 26.0. The van der Waals surface area contributed by atoms with Gasteiger partial charge in [0.05, 0.1) is 25.2 Å². The average Bonchev–Trinajstić information content (AvgIpc) is 3.15. The molecular weight excluding hydrogens is 659 g/mol. The van der Waals surface area contributed by atoms with E-state index in [2.05, 4.69) is 68.6 Å². The van der Waals surface area contributed by atoms with Crippen LogP contribution < -0.4 is 5.32 Å². The van der Waals surface area contributed by atoms with Crippen LogP contribution in [0.3, 0.4) is 0 Å². The van der Waals surface area contributed by atoms with Gasteiger partial charge in [-0.15, -0.1) is 0 Å². The van der Waals surface area contributed by atoms with Gasteiger partial charge in [-0.25, -0.2) is 0 Å². The normalized spacial score (nSPS) is 14.4. The molecule has 1 amide bonds. The maximum atomic E-state index is 13.0. The minimum atomic E-state index is -0.824. The van der Waals surface area contributed by atoms with E-state index < -0.39 is 18.2 Å². The average molecular weight is 736 g/mol. The first-order valence-electron chi connectivity index (χ1n) is 21.0. The Morgan fingerprint density at radius 1 is 0.604 bits per heavy atom. The van der Waals surface area contributed by atoms with Crippen LogP contribution in [-0.4, -0.2) is 46.9 Å². The smallest absolute Gasteiger partial charge is 0.306 e. The summed E-state index contributed by atoms with van der Waals surface area (Å²) in [4.78, 5) is 25.8. The molecule has 300 valence electrons. The zero-order valence-electron chi connectivity index (χ0n) is 33.9. The number of nitrogens with one attached hydrogen (secondary N) is 1. The highest BCUT2D eigenvalue weighted by Crippen LogP contribution is 2.14. The second kappa shape index (κ2) is 40.0. The third-order valence-corrected chi connectivity index (χ3v) is 8.79. The van der Waals surface area contributed by atoms with Crippen molar-refractivity contribution in [3.8, 4) is 0 Å². The largest absolute Gasteiger partial charge is 0.461 e. The van der Waals surface area contributed by atoms with Crippen molar-refractivity contribution in [1.29, 1.82) is 0 Å². The SMILES string of the molecule is CC/C=C/C=C/C=C\C=C/C=C/CC(CC(=O)NC(CO)C(O)CCCCCCCCCCC)OC(=O)CCCCCC/C=C/C/C=C/C/C=C/CC. The second-order valence-corrected chi connectivity index (χ2v) is 13.8. The number of ether oxygens (including phenoxy) is 1. The molecule has 0 bridgehead atoms. The summed E-state index contributed by atoms with van der Waals surface area (Å²) < 4.78 is 5.78. The zero-order valence-corrected chi connectivity index (χ0v) is 33.9. The molecule has 0 aromatic carbocycles. The van der Waals surface area contributed by atoms with Crippen LogP contribution in [0.25, 0.3) is 0 Å². The number of hydrogen-bond acceptors (Lipinski definition) is 5. The molecule has 3 N–H and O–H groups in total. The van der Waals surface area contributed by atoms with Crippen molar-refractivity contribution in [2.75, 3.05) is 6.61 Å². The van der Waals surface area contributed by atoms with Crippen molar-refractivity contribution < 1.29 is 24.5 Å². The summed E-state index contributed by atoms with van der Waals surface area (Å²) in [7, 11) is 0. The van der Waals surface area contributed by atoms with Gasteiger partial charge in [0.25, 0.3) is 0 Å². The Bertz CT molecular complexity index is 1100. The lowest BCUT2D eigenvalue weighted by Crippen LogP contribution is -2.46. The van der Waals surface area contributed by atoms with Gasteiger partial charge < -0.3 is 20.3 Å². The standard InChI is InChI=1S/C47H77NO5/c1-4-7-10-13-16-19-21-22-23-25-28-31-34-37-40-47(52)53-43(38-35-32-29-27-24-20-17-14-11-8-5-2)41-46(51)48-44(42-49)45(50)39-36-33-30-26-18-15-12-9-6-3/h7-8,10-11,14,16-17,19-20,22-24,27,29,32,35,43-45,49-50H,4-6,9,12-13,15,18,21,25-26,28,30-31,33-34,36-42H2,1-3H3,(H,48,51)/b10-7+,11-8+,17-14+,19-16+,23-22+,24-20-,29-27-,35-32+. The molecule has 0 aromatic rings. The Balaban J connectivity index is 4.83. The number of hydrogen-bond donors (Lipinski definition) is 3. The summed E-state index contributed by atoms with van der Waals surface area (Å²) in [5.74, 6) is -0.649. The molecule has 0 aliphatic rings. The van der Waals surface area contributed by atoms with E-state index in [4.69, 9.17) is 4.74 Å². The quantitative estimate of drug-likeness (QED) is 0.0261. The van der Waals surface area contributed by atoms with E-state index in [0.29, 0.717) is 19.3 Å². The van der Waals surface area contributed by atoms with Gasteiger partial charge in [0.1, 0.15) is 6.10 Å². The van der Waals surface area contributed by atoms with Gasteiger partial charge in [0.15, 0.2) is 0 Å². The van der Waals surface area contributed by atoms with Crippen molar-refractivity contribution in [3.63, 3.8) is 0 Å². The molecule has 0 aliphatic heterocycles. The molecule has 6 nitrogen and oxygen atoms in total. The van der Waals surface area contributed by atoms with Crippen LogP contribution in [0.4, 0.5) is 0 Å². The number of carbonyl (C=O) groups is 2. The van der Waals surface area contributed by atoms with E-state index in [0.717, 1.165) is 77.0 Å². The Morgan fingerprint density at radius 3 is 1.75 bits per heavy atom. The molecule has 0 spiro atoms. The third kappa shape index (κ3) is 35.6. The van der Waals surface area contributed by atoms with E-state index in [1.807, 2.05) is 54.7 Å². The predicted octanol–water partition coefficient (Wildman–Crippen LogP) is 11.8. The molecule has 3 atom stereocenters. The minimum Gasteiger partial charge on any atom is -0.461 e. The van der Waals surface area contributed by atoms with Gasteiger partial charge in [-0.1, -0.05) is 189 Å². The summed E-state index contributed by atoms with van der Waals surface area (Å²) in [6, 6.07) is -0.746. The second-order valence-electron chi connectivity index (χ2n) is 13.8. The molecule has 6 heteroatoms. The molecule has 0 heterocycles. The Hall–Kier alpha value is -3.22. The first-order valence-corrected chi connectivity index (χ1v) is 21.0. The number of allylic oxidation sites excluding steroid dienone is 15. The lowest BCUT2D eigenvalue weighted by atomic mass is 10.0. The van der Waals surface area contributed by atoms with Gasteiger partial charge in [-0.3, -0.25) is 9.59 Å². The summed E-state index contributed by atoms with van der Waals surface area (Å²) in [6.07, 6.45) is 52.1. The maximum Gasteiger partial charge on any atom is 0.306 e. The number of rotatable bonds is 35. The highest BCUT2D eigenvalue weighted by Gasteiger charge is 2.23. The monoisotopic (exact) mass is 736 g/mol. The van der Waals surface area contributed by atoms with Crippen LogP contribution in [0.5, 0.6) is 0 Å². The Labute approximate surface area is 325 Å². The van der Waals surface area contributed by atoms with Crippen LogP contribution >= 0.6 is 0 Å². The summed E-state index contributed by atoms with van der Waals surface area (Å²) in [5, 5.41) is 23.4. The number of unbranched alkanes of at least 4 members (excludes halogenated alkanes) is 12. The van der Waals surface area contributed by atoms with Crippen molar-refractivity contribution in [2.24, 2.45) is 0 Å². The van der Waals surface area contributed by atoms with Gasteiger partial charge in [0, 0.05) is 12.8 Å². The minimum absolute atomic E-state index is 0.0337. The molecule has 3 unspecified atom stereocenters. The summed E-state index contributed by atoms with van der Waals surface area (Å²) in [5.41, 5.74) is 0. The van der Waals surface area contributed by atoms with E-state index in [-0.39, 0.29) is 24.9 Å². The molecule has 0 fully saturated rings. The van der Waals surface area contributed by atoms with Crippen LogP contribution in [0.15, 0.2) is 97.2 Å². The third-order valence-electron chi connectivity index (χ3n) is 8.79. The summed E-state index contributed by atoms with van der Waals surface area (Å²) in [6.45, 7) is 6.12. The number of carbonyl (C=O) groups excluding carboxylic acids is 2. The lowest BCUT2D eigenvalue weighted by Gasteiger charge is -2.24. The van der Waals surface area contributed by atoms with Crippen LogP contribution in [0, 0.1) is 0 Å². The molecule has 0 radical (unpaired) electrons. The predicted molar refractivity (Wildman–Crippen MR) is 227 cm³/mol. The van der Waals surface area contributed by atoms with E-state index in [1.165, 1.54) is 38.5 Å². The van der Waals surface area contributed by atoms with Crippen LogP contribution in [0.2, 0.25) is 0 Å². The molecule has 53 heavy (non-hydrogen) atoms. The molecular formula is C47H77NO5.